The van der Waals surface area contributed by atoms with Crippen LogP contribution in [0.5, 0.6) is 11.5 Å². The molecule has 28 heavy (non-hydrogen) atoms. The van der Waals surface area contributed by atoms with Gasteiger partial charge in [-0.3, -0.25) is 4.79 Å². The van der Waals surface area contributed by atoms with E-state index in [1.807, 2.05) is 64.1 Å². The van der Waals surface area contributed by atoms with Gasteiger partial charge in [0.05, 0.1) is 13.2 Å². The van der Waals surface area contributed by atoms with Crippen molar-refractivity contribution in [2.75, 3.05) is 23.8 Å². The lowest BCUT2D eigenvalue weighted by molar-refractivity contribution is -0.116. The highest BCUT2D eigenvalue weighted by molar-refractivity contribution is 9.10. The predicted octanol–water partition coefficient (Wildman–Crippen LogP) is 5.84. The van der Waals surface area contributed by atoms with Gasteiger partial charge in [0.25, 0.3) is 0 Å². The quantitative estimate of drug-likeness (QED) is 0.478. The average Bonchev–Trinajstić information content (AvgIpc) is 2.62. The number of hydrogen-bond donors (Lipinski definition) is 2. The van der Waals surface area contributed by atoms with Crippen LogP contribution >= 0.6 is 15.9 Å². The second-order valence-electron chi connectivity index (χ2n) is 6.84. The first kappa shape index (κ1) is 22.1. The largest absolute Gasteiger partial charge is 0.490 e. The molecule has 0 unspecified atom stereocenters. The van der Waals surface area contributed by atoms with E-state index in [9.17, 15) is 4.79 Å². The van der Waals surface area contributed by atoms with E-state index in [1.165, 1.54) is 0 Å². The monoisotopic (exact) mass is 448 g/mol. The molecule has 0 spiro atoms. The lowest BCUT2D eigenvalue weighted by Gasteiger charge is -2.15. The molecule has 5 nitrogen and oxygen atoms in total. The van der Waals surface area contributed by atoms with E-state index < -0.39 is 0 Å². The molecule has 0 aliphatic carbocycles. The number of amides is 1. The zero-order chi connectivity index (χ0) is 20.5. The van der Waals surface area contributed by atoms with Crippen LogP contribution in [-0.4, -0.2) is 19.1 Å². The number of benzene rings is 2. The SMILES string of the molecule is CCOc1cc(Br)c(CNc2cccc(NC(=O)CC(C)C)c2)cc1OCC. The Labute approximate surface area is 175 Å². The predicted molar refractivity (Wildman–Crippen MR) is 118 cm³/mol. The van der Waals surface area contributed by atoms with Crippen molar-refractivity contribution in [3.63, 3.8) is 0 Å². The molecule has 2 N–H and O–H groups in total. The molecule has 1 amide bonds. The molecule has 2 rings (SSSR count). The average molecular weight is 449 g/mol. The number of ether oxygens (including phenoxy) is 2. The molecule has 0 heterocycles. The first-order chi connectivity index (χ1) is 13.4. The molecule has 0 aliphatic rings. The maximum absolute atomic E-state index is 12.0. The van der Waals surface area contributed by atoms with Crippen LogP contribution < -0.4 is 20.1 Å². The highest BCUT2D eigenvalue weighted by Crippen LogP contribution is 2.34. The maximum Gasteiger partial charge on any atom is 0.224 e. The molecule has 2 aromatic rings. The molecular formula is C22H29BrN2O3. The molecule has 0 radical (unpaired) electrons. The second kappa shape index (κ2) is 11.0. The third-order valence-electron chi connectivity index (χ3n) is 3.94. The fourth-order valence-corrected chi connectivity index (χ4v) is 3.20. The van der Waals surface area contributed by atoms with Gasteiger partial charge in [-0.2, -0.15) is 0 Å². The Morgan fingerprint density at radius 3 is 2.32 bits per heavy atom. The van der Waals surface area contributed by atoms with Crippen molar-refractivity contribution < 1.29 is 14.3 Å². The molecule has 0 bridgehead atoms. The summed E-state index contributed by atoms with van der Waals surface area (Å²) in [4.78, 5) is 12.0. The van der Waals surface area contributed by atoms with E-state index >= 15 is 0 Å². The highest BCUT2D eigenvalue weighted by atomic mass is 79.9. The lowest BCUT2D eigenvalue weighted by atomic mass is 10.1. The van der Waals surface area contributed by atoms with Crippen LogP contribution in [0.4, 0.5) is 11.4 Å². The first-order valence-electron chi connectivity index (χ1n) is 9.64. The Morgan fingerprint density at radius 1 is 1.04 bits per heavy atom. The van der Waals surface area contributed by atoms with Crippen molar-refractivity contribution >= 4 is 33.2 Å². The highest BCUT2D eigenvalue weighted by Gasteiger charge is 2.11. The van der Waals surface area contributed by atoms with Crippen LogP contribution in [0.3, 0.4) is 0 Å². The van der Waals surface area contributed by atoms with Crippen molar-refractivity contribution in [2.24, 2.45) is 5.92 Å². The van der Waals surface area contributed by atoms with E-state index in [-0.39, 0.29) is 5.91 Å². The maximum atomic E-state index is 12.0. The minimum atomic E-state index is 0.0303. The molecule has 0 saturated heterocycles. The van der Waals surface area contributed by atoms with Crippen LogP contribution in [0.15, 0.2) is 40.9 Å². The van der Waals surface area contributed by atoms with E-state index in [1.54, 1.807) is 0 Å². The number of carbonyl (C=O) groups excluding carboxylic acids is 1. The van der Waals surface area contributed by atoms with Crippen molar-refractivity contribution in [1.82, 2.24) is 0 Å². The Balaban J connectivity index is 2.08. The summed E-state index contributed by atoms with van der Waals surface area (Å²) in [6.07, 6.45) is 0.511. The van der Waals surface area contributed by atoms with Crippen LogP contribution in [0, 0.1) is 5.92 Å². The van der Waals surface area contributed by atoms with Gasteiger partial charge in [-0.1, -0.05) is 35.8 Å². The third kappa shape index (κ3) is 6.75. The minimum absolute atomic E-state index is 0.0303. The van der Waals surface area contributed by atoms with Gasteiger partial charge in [-0.15, -0.1) is 0 Å². The van der Waals surface area contributed by atoms with E-state index in [4.69, 9.17) is 9.47 Å². The normalized spacial score (nSPS) is 10.6. The van der Waals surface area contributed by atoms with Crippen molar-refractivity contribution in [3.8, 4) is 11.5 Å². The van der Waals surface area contributed by atoms with E-state index in [0.717, 1.165) is 32.9 Å². The number of carbonyl (C=O) groups is 1. The Kier molecular flexibility index (Phi) is 8.64. The van der Waals surface area contributed by atoms with Gasteiger partial charge >= 0.3 is 0 Å². The fraction of sp³-hybridized carbons (Fsp3) is 0.409. The van der Waals surface area contributed by atoms with Gasteiger partial charge in [0.2, 0.25) is 5.91 Å². The molecule has 6 heteroatoms. The van der Waals surface area contributed by atoms with Crippen LogP contribution in [0.1, 0.15) is 39.7 Å². The van der Waals surface area contributed by atoms with Gasteiger partial charge in [0.15, 0.2) is 11.5 Å². The summed E-state index contributed by atoms with van der Waals surface area (Å²) in [6, 6.07) is 11.7. The summed E-state index contributed by atoms with van der Waals surface area (Å²) in [5.74, 6) is 1.83. The van der Waals surface area contributed by atoms with E-state index in [0.29, 0.717) is 32.1 Å². The van der Waals surface area contributed by atoms with Gasteiger partial charge in [-0.25, -0.2) is 0 Å². The second-order valence-corrected chi connectivity index (χ2v) is 7.69. The van der Waals surface area contributed by atoms with Crippen molar-refractivity contribution in [3.05, 3.63) is 46.4 Å². The Morgan fingerprint density at radius 2 is 1.68 bits per heavy atom. The van der Waals surface area contributed by atoms with Gasteiger partial charge < -0.3 is 20.1 Å². The number of nitrogens with one attached hydrogen (secondary N) is 2. The topological polar surface area (TPSA) is 59.6 Å². The number of halogens is 1. The standard InChI is InChI=1S/C22H29BrN2O3/c1-5-27-20-11-16(19(23)13-21(20)28-6-2)14-24-17-8-7-9-18(12-17)25-22(26)10-15(3)4/h7-9,11-13,15,24H,5-6,10,14H2,1-4H3,(H,25,26). The summed E-state index contributed by atoms with van der Waals surface area (Å²) < 4.78 is 12.3. The van der Waals surface area contributed by atoms with Crippen LogP contribution in [-0.2, 0) is 11.3 Å². The van der Waals surface area contributed by atoms with Crippen LogP contribution in [0.25, 0.3) is 0 Å². The molecule has 0 aliphatic heterocycles. The summed E-state index contributed by atoms with van der Waals surface area (Å²) >= 11 is 3.61. The van der Waals surface area contributed by atoms with E-state index in [2.05, 4.69) is 26.6 Å². The molecule has 0 fully saturated rings. The third-order valence-corrected chi connectivity index (χ3v) is 4.67. The van der Waals surface area contributed by atoms with Gasteiger partial charge in [0.1, 0.15) is 0 Å². The number of hydrogen-bond acceptors (Lipinski definition) is 4. The van der Waals surface area contributed by atoms with Crippen molar-refractivity contribution in [1.29, 1.82) is 0 Å². The summed E-state index contributed by atoms with van der Waals surface area (Å²) in [6.45, 7) is 9.73. The molecule has 0 atom stereocenters. The smallest absolute Gasteiger partial charge is 0.224 e. The molecule has 152 valence electrons. The van der Waals surface area contributed by atoms with Crippen LogP contribution in [0.2, 0.25) is 0 Å². The number of rotatable bonds is 10. The Hall–Kier alpha value is -2.21. The summed E-state index contributed by atoms with van der Waals surface area (Å²) in [5, 5.41) is 6.35. The first-order valence-corrected chi connectivity index (χ1v) is 10.4. The van der Waals surface area contributed by atoms with Gasteiger partial charge in [-0.05, 0) is 55.7 Å². The molecular weight excluding hydrogens is 420 g/mol. The number of anilines is 2. The minimum Gasteiger partial charge on any atom is -0.490 e. The lowest BCUT2D eigenvalue weighted by Crippen LogP contribution is -2.14. The van der Waals surface area contributed by atoms with Gasteiger partial charge in [0, 0.05) is 28.8 Å². The molecule has 0 aromatic heterocycles. The Bertz CT molecular complexity index is 793. The molecule has 0 saturated carbocycles. The summed E-state index contributed by atoms with van der Waals surface area (Å²) in [7, 11) is 0. The zero-order valence-electron chi connectivity index (χ0n) is 17.0. The zero-order valence-corrected chi connectivity index (χ0v) is 18.6. The fourth-order valence-electron chi connectivity index (χ4n) is 2.74. The molecule has 2 aromatic carbocycles. The summed E-state index contributed by atoms with van der Waals surface area (Å²) in [5.41, 5.74) is 2.78. The van der Waals surface area contributed by atoms with Crippen molar-refractivity contribution in [2.45, 2.75) is 40.7 Å².